The van der Waals surface area contributed by atoms with Crippen molar-refractivity contribution in [2.45, 2.75) is 0 Å². The molecule has 5 nitrogen and oxygen atoms in total. The van der Waals surface area contributed by atoms with Gasteiger partial charge in [0.1, 0.15) is 0 Å². The molecular weight excluding hydrogens is 144 g/mol. The first kappa shape index (κ1) is 7.74. The quantitative estimate of drug-likeness (QED) is 0.592. The van der Waals surface area contributed by atoms with Crippen molar-refractivity contribution in [1.29, 1.82) is 0 Å². The minimum atomic E-state index is -0.121. The molecule has 1 aromatic rings. The summed E-state index contributed by atoms with van der Waals surface area (Å²) in [5.74, 6) is -0.121. The lowest BCUT2D eigenvalue weighted by atomic mass is 10.6. The summed E-state index contributed by atoms with van der Waals surface area (Å²) >= 11 is 0. The molecule has 0 bridgehead atoms. The molecule has 0 saturated carbocycles. The van der Waals surface area contributed by atoms with Crippen LogP contribution in [0.25, 0.3) is 0 Å². The summed E-state index contributed by atoms with van der Waals surface area (Å²) in [7, 11) is 1.70. The van der Waals surface area contributed by atoms with Crippen LogP contribution in [0.3, 0.4) is 0 Å². The summed E-state index contributed by atoms with van der Waals surface area (Å²) < 4.78 is 1.21. The Labute approximate surface area is 64.2 Å². The highest BCUT2D eigenvalue weighted by molar-refractivity contribution is 5.80. The fourth-order valence-corrected chi connectivity index (χ4v) is 0.705. The Bertz CT molecular complexity index is 255. The molecule has 1 rings (SSSR count). The van der Waals surface area contributed by atoms with Crippen LogP contribution in [0.5, 0.6) is 0 Å². The number of rotatable bonds is 2. The predicted molar refractivity (Wildman–Crippen MR) is 41.2 cm³/mol. The first-order valence-electron chi connectivity index (χ1n) is 3.22. The summed E-state index contributed by atoms with van der Waals surface area (Å²) in [4.78, 5) is 11.0. The number of likely N-dealkylation sites (N-methyl/N-ethyl adjacent to an activating group) is 1. The number of carbonyl (C=O) groups is 1. The molecule has 0 unspecified atom stereocenters. The SMILES string of the molecule is CNCC(=O)n1cc(N)cn1. The topological polar surface area (TPSA) is 72.9 Å². The van der Waals surface area contributed by atoms with Gasteiger partial charge in [-0.2, -0.15) is 5.10 Å². The van der Waals surface area contributed by atoms with Gasteiger partial charge >= 0.3 is 0 Å². The van der Waals surface area contributed by atoms with Gasteiger partial charge in [-0.1, -0.05) is 0 Å². The Morgan fingerprint density at radius 3 is 3.09 bits per heavy atom. The van der Waals surface area contributed by atoms with Crippen molar-refractivity contribution in [2.24, 2.45) is 0 Å². The summed E-state index contributed by atoms with van der Waals surface area (Å²) in [6.45, 7) is 0.265. The molecule has 0 aliphatic carbocycles. The van der Waals surface area contributed by atoms with Crippen LogP contribution in [0.15, 0.2) is 12.4 Å². The second kappa shape index (κ2) is 3.16. The van der Waals surface area contributed by atoms with Gasteiger partial charge in [-0.3, -0.25) is 4.79 Å². The number of nitrogens with two attached hydrogens (primary N) is 1. The average molecular weight is 154 g/mol. The average Bonchev–Trinajstić information content (AvgIpc) is 2.36. The smallest absolute Gasteiger partial charge is 0.260 e. The van der Waals surface area contributed by atoms with Crippen LogP contribution < -0.4 is 11.1 Å². The van der Waals surface area contributed by atoms with Crippen molar-refractivity contribution >= 4 is 11.6 Å². The number of aromatic nitrogens is 2. The lowest BCUT2D eigenvalue weighted by Gasteiger charge is -1.96. The molecule has 0 saturated heterocycles. The van der Waals surface area contributed by atoms with Crippen molar-refractivity contribution in [3.8, 4) is 0 Å². The van der Waals surface area contributed by atoms with Gasteiger partial charge < -0.3 is 11.1 Å². The van der Waals surface area contributed by atoms with Crippen molar-refractivity contribution < 1.29 is 4.79 Å². The van der Waals surface area contributed by atoms with Gasteiger partial charge in [-0.25, -0.2) is 4.68 Å². The molecule has 5 heteroatoms. The molecule has 0 aliphatic rings. The normalized spacial score (nSPS) is 9.91. The molecule has 60 valence electrons. The lowest BCUT2D eigenvalue weighted by molar-refractivity contribution is 0.0899. The van der Waals surface area contributed by atoms with E-state index in [4.69, 9.17) is 5.73 Å². The van der Waals surface area contributed by atoms with E-state index in [9.17, 15) is 4.79 Å². The maximum Gasteiger partial charge on any atom is 0.260 e. The summed E-state index contributed by atoms with van der Waals surface area (Å²) in [5, 5.41) is 6.46. The van der Waals surface area contributed by atoms with E-state index in [1.165, 1.54) is 17.1 Å². The zero-order valence-electron chi connectivity index (χ0n) is 6.24. The van der Waals surface area contributed by atoms with E-state index in [0.717, 1.165) is 0 Å². The van der Waals surface area contributed by atoms with Gasteiger partial charge in [-0.15, -0.1) is 0 Å². The Balaban J connectivity index is 2.69. The minimum Gasteiger partial charge on any atom is -0.396 e. The number of anilines is 1. The molecule has 0 amide bonds. The highest BCUT2D eigenvalue weighted by Crippen LogP contribution is 1.96. The minimum absolute atomic E-state index is 0.121. The molecule has 11 heavy (non-hydrogen) atoms. The number of hydrogen-bond donors (Lipinski definition) is 2. The highest BCUT2D eigenvalue weighted by Gasteiger charge is 2.02. The van der Waals surface area contributed by atoms with E-state index in [2.05, 4.69) is 10.4 Å². The molecule has 3 N–H and O–H groups in total. The fourth-order valence-electron chi connectivity index (χ4n) is 0.705. The second-order valence-electron chi connectivity index (χ2n) is 2.14. The van der Waals surface area contributed by atoms with E-state index in [1.807, 2.05) is 0 Å². The highest BCUT2D eigenvalue weighted by atomic mass is 16.2. The molecule has 0 fully saturated rings. The van der Waals surface area contributed by atoms with Crippen LogP contribution in [0.1, 0.15) is 4.79 Å². The number of hydrogen-bond acceptors (Lipinski definition) is 4. The van der Waals surface area contributed by atoms with Gasteiger partial charge in [0.2, 0.25) is 0 Å². The zero-order chi connectivity index (χ0) is 8.27. The number of nitrogens with one attached hydrogen (secondary N) is 1. The van der Waals surface area contributed by atoms with Crippen LogP contribution in [0, 0.1) is 0 Å². The van der Waals surface area contributed by atoms with Gasteiger partial charge in [0, 0.05) is 0 Å². The van der Waals surface area contributed by atoms with Gasteiger partial charge in [0.15, 0.2) is 0 Å². The van der Waals surface area contributed by atoms with Crippen LogP contribution >= 0.6 is 0 Å². The Kier molecular flexibility index (Phi) is 2.22. The van der Waals surface area contributed by atoms with Crippen molar-refractivity contribution in [3.05, 3.63) is 12.4 Å². The standard InChI is InChI=1S/C6H10N4O/c1-8-3-6(11)10-4-5(7)2-9-10/h2,4,8H,3,7H2,1H3. The third-order valence-corrected chi connectivity index (χ3v) is 1.19. The zero-order valence-corrected chi connectivity index (χ0v) is 6.24. The summed E-state index contributed by atoms with van der Waals surface area (Å²) in [6, 6.07) is 0. The van der Waals surface area contributed by atoms with Crippen LogP contribution in [-0.4, -0.2) is 29.3 Å². The van der Waals surface area contributed by atoms with Crippen molar-refractivity contribution in [1.82, 2.24) is 15.1 Å². The third-order valence-electron chi connectivity index (χ3n) is 1.19. The van der Waals surface area contributed by atoms with Gasteiger partial charge in [-0.05, 0) is 7.05 Å². The first-order chi connectivity index (χ1) is 5.24. The molecule has 1 aromatic heterocycles. The first-order valence-corrected chi connectivity index (χ1v) is 3.22. The molecule has 0 aliphatic heterocycles. The predicted octanol–water partition coefficient (Wildman–Crippen LogP) is -0.675. The van der Waals surface area contributed by atoms with Gasteiger partial charge in [0.25, 0.3) is 5.91 Å². The molecule has 0 atom stereocenters. The van der Waals surface area contributed by atoms with E-state index in [1.54, 1.807) is 7.05 Å². The number of nitrogen functional groups attached to an aromatic ring is 1. The Morgan fingerprint density at radius 2 is 2.64 bits per heavy atom. The third kappa shape index (κ3) is 1.78. The molecule has 1 heterocycles. The lowest BCUT2D eigenvalue weighted by Crippen LogP contribution is -2.24. The summed E-state index contributed by atoms with van der Waals surface area (Å²) in [6.07, 6.45) is 2.92. The monoisotopic (exact) mass is 154 g/mol. The largest absolute Gasteiger partial charge is 0.396 e. The van der Waals surface area contributed by atoms with Crippen LogP contribution in [0.2, 0.25) is 0 Å². The van der Waals surface area contributed by atoms with Crippen LogP contribution in [0.4, 0.5) is 5.69 Å². The Morgan fingerprint density at radius 1 is 1.91 bits per heavy atom. The number of nitrogens with zero attached hydrogens (tertiary/aromatic N) is 2. The van der Waals surface area contributed by atoms with E-state index in [-0.39, 0.29) is 12.5 Å². The van der Waals surface area contributed by atoms with Crippen molar-refractivity contribution in [2.75, 3.05) is 19.3 Å². The molecule has 0 aromatic carbocycles. The van der Waals surface area contributed by atoms with E-state index < -0.39 is 0 Å². The molecule has 0 radical (unpaired) electrons. The second-order valence-corrected chi connectivity index (χ2v) is 2.14. The van der Waals surface area contributed by atoms with Gasteiger partial charge in [0.05, 0.1) is 24.6 Å². The molecule has 0 spiro atoms. The molecular formula is C6H10N4O. The summed E-state index contributed by atoms with van der Waals surface area (Å²) in [5.41, 5.74) is 5.85. The maximum atomic E-state index is 11.0. The Hall–Kier alpha value is -1.36. The maximum absolute atomic E-state index is 11.0. The van der Waals surface area contributed by atoms with Crippen LogP contribution in [-0.2, 0) is 0 Å². The van der Waals surface area contributed by atoms with Crippen molar-refractivity contribution in [3.63, 3.8) is 0 Å². The number of carbonyl (C=O) groups excluding carboxylic acids is 1. The van der Waals surface area contributed by atoms with E-state index >= 15 is 0 Å². The fraction of sp³-hybridized carbons (Fsp3) is 0.333. The van der Waals surface area contributed by atoms with E-state index in [0.29, 0.717) is 5.69 Å².